The molecule has 1 aromatic carbocycles. The molecule has 0 saturated carbocycles. The van der Waals surface area contributed by atoms with Gasteiger partial charge in [-0.25, -0.2) is 4.98 Å². The van der Waals surface area contributed by atoms with Gasteiger partial charge in [0.15, 0.2) is 5.82 Å². The monoisotopic (exact) mass is 444 g/mol. The van der Waals surface area contributed by atoms with Crippen molar-refractivity contribution in [2.24, 2.45) is 5.92 Å². The Morgan fingerprint density at radius 1 is 1.06 bits per heavy atom. The van der Waals surface area contributed by atoms with Gasteiger partial charge in [0.2, 0.25) is 5.95 Å². The molecule has 11 heteroatoms. The molecule has 0 aliphatic carbocycles. The van der Waals surface area contributed by atoms with Crippen LogP contribution in [0.15, 0.2) is 59.8 Å². The van der Waals surface area contributed by atoms with Gasteiger partial charge in [0, 0.05) is 24.0 Å². The summed E-state index contributed by atoms with van der Waals surface area (Å²) < 4.78 is 31.4. The van der Waals surface area contributed by atoms with Crippen LogP contribution in [0.2, 0.25) is 0 Å². The van der Waals surface area contributed by atoms with Crippen LogP contribution >= 0.6 is 0 Å². The van der Waals surface area contributed by atoms with Crippen molar-refractivity contribution in [1.82, 2.24) is 15.0 Å². The lowest BCUT2D eigenvalue weighted by atomic mass is 10.1. The molecule has 0 fully saturated rings. The Bertz CT molecular complexity index is 1110. The summed E-state index contributed by atoms with van der Waals surface area (Å²) >= 11 is 0. The van der Waals surface area contributed by atoms with Gasteiger partial charge >= 0.3 is 0 Å². The molecule has 5 N–H and O–H groups in total. The van der Waals surface area contributed by atoms with Crippen LogP contribution in [0.3, 0.4) is 0 Å². The molecule has 2 heterocycles. The Balaban J connectivity index is 1.85. The van der Waals surface area contributed by atoms with E-state index in [2.05, 4.69) is 31.1 Å². The fraction of sp³-hybridized carbons (Fsp3) is 0.250. The summed E-state index contributed by atoms with van der Waals surface area (Å²) in [6.45, 7) is 3.89. The second kappa shape index (κ2) is 9.69. The number of nitrogens with zero attached hydrogens (tertiary/aromatic N) is 3. The first kappa shape index (κ1) is 22.4. The van der Waals surface area contributed by atoms with Crippen molar-refractivity contribution in [3.05, 3.63) is 54.9 Å². The third kappa shape index (κ3) is 6.10. The summed E-state index contributed by atoms with van der Waals surface area (Å²) in [6, 6.07) is 10.7. The van der Waals surface area contributed by atoms with Gasteiger partial charge in [-0.05, 0) is 42.3 Å². The number of hydrogen-bond donors (Lipinski definition) is 5. The van der Waals surface area contributed by atoms with Gasteiger partial charge in [-0.15, -0.1) is 0 Å². The zero-order chi connectivity index (χ0) is 22.4. The van der Waals surface area contributed by atoms with E-state index in [9.17, 15) is 13.5 Å². The van der Waals surface area contributed by atoms with E-state index >= 15 is 0 Å². The molecule has 164 valence electrons. The molecule has 31 heavy (non-hydrogen) atoms. The van der Waals surface area contributed by atoms with Gasteiger partial charge in [-0.1, -0.05) is 13.8 Å². The second-order valence-corrected chi connectivity index (χ2v) is 8.55. The van der Waals surface area contributed by atoms with Crippen molar-refractivity contribution < 1.29 is 18.1 Å². The fourth-order valence-electron chi connectivity index (χ4n) is 2.67. The van der Waals surface area contributed by atoms with E-state index in [1.165, 1.54) is 24.3 Å². The normalized spacial score (nSPS) is 12.4. The van der Waals surface area contributed by atoms with Gasteiger partial charge in [0.05, 0.1) is 28.9 Å². The average Bonchev–Trinajstić information content (AvgIpc) is 2.76. The molecular formula is C20H24N6O4S. The number of rotatable bonds is 9. The first-order chi connectivity index (χ1) is 14.8. The maximum absolute atomic E-state index is 11.2. The maximum atomic E-state index is 11.2. The predicted molar refractivity (Wildman–Crippen MR) is 118 cm³/mol. The zero-order valence-electron chi connectivity index (χ0n) is 17.0. The highest BCUT2D eigenvalue weighted by Crippen LogP contribution is 2.22. The minimum atomic E-state index is -4.25. The average molecular weight is 445 g/mol. The third-order valence-corrected chi connectivity index (χ3v) is 5.35. The van der Waals surface area contributed by atoms with Crippen LogP contribution in [0.4, 0.5) is 17.5 Å². The Kier molecular flexibility index (Phi) is 7.00. The van der Waals surface area contributed by atoms with Crippen molar-refractivity contribution in [3.8, 4) is 11.3 Å². The molecule has 0 aliphatic rings. The molecule has 0 spiro atoms. The summed E-state index contributed by atoms with van der Waals surface area (Å²) in [5.41, 5.74) is 7.85. The van der Waals surface area contributed by atoms with E-state index in [1.807, 2.05) is 19.9 Å². The first-order valence-corrected chi connectivity index (χ1v) is 11.0. The number of hydrogen-bond acceptors (Lipinski definition) is 9. The number of benzene rings is 1. The summed E-state index contributed by atoms with van der Waals surface area (Å²) in [7, 11) is -4.25. The smallest absolute Gasteiger partial charge is 0.294 e. The van der Waals surface area contributed by atoms with Gasteiger partial charge in [0.1, 0.15) is 0 Å². The lowest BCUT2D eigenvalue weighted by Gasteiger charge is -2.21. The molecule has 0 saturated heterocycles. The maximum Gasteiger partial charge on any atom is 0.294 e. The van der Waals surface area contributed by atoms with Crippen LogP contribution in [0, 0.1) is 5.92 Å². The number of aliphatic hydroxyl groups is 1. The van der Waals surface area contributed by atoms with E-state index in [1.54, 1.807) is 24.5 Å². The van der Waals surface area contributed by atoms with Crippen LogP contribution in [-0.4, -0.2) is 45.7 Å². The molecule has 1 atom stereocenters. The molecular weight excluding hydrogens is 420 g/mol. The SMILES string of the molecule is CC(C)[C@H](CO)Nc1nc(NNc2ccc(S(=O)(=O)O)cc2)cc(-c2cccnc2)n1. The summed E-state index contributed by atoms with van der Waals surface area (Å²) in [5.74, 6) is 0.933. The number of aromatic nitrogens is 3. The van der Waals surface area contributed by atoms with Gasteiger partial charge in [-0.3, -0.25) is 20.4 Å². The van der Waals surface area contributed by atoms with Crippen molar-refractivity contribution >= 4 is 27.6 Å². The Morgan fingerprint density at radius 3 is 2.39 bits per heavy atom. The van der Waals surface area contributed by atoms with Gasteiger partial charge in [0.25, 0.3) is 10.1 Å². The fourth-order valence-corrected chi connectivity index (χ4v) is 3.15. The number of pyridine rings is 1. The molecule has 0 unspecified atom stereocenters. The van der Waals surface area contributed by atoms with Crippen LogP contribution < -0.4 is 16.2 Å². The Hall–Kier alpha value is -3.28. The number of nitrogens with one attached hydrogen (secondary N) is 3. The molecule has 0 bridgehead atoms. The largest absolute Gasteiger partial charge is 0.394 e. The molecule has 2 aromatic heterocycles. The van der Waals surface area contributed by atoms with Crippen LogP contribution in [0.25, 0.3) is 11.3 Å². The summed E-state index contributed by atoms with van der Waals surface area (Å²) in [5, 5.41) is 12.8. The van der Waals surface area contributed by atoms with E-state index < -0.39 is 10.1 Å². The molecule has 0 aliphatic heterocycles. The lowest BCUT2D eigenvalue weighted by Crippen LogP contribution is -2.30. The molecule has 3 rings (SSSR count). The zero-order valence-corrected chi connectivity index (χ0v) is 17.8. The van der Waals surface area contributed by atoms with E-state index in [-0.39, 0.29) is 23.5 Å². The quantitative estimate of drug-likeness (QED) is 0.246. The minimum absolute atomic E-state index is 0.0702. The highest BCUT2D eigenvalue weighted by molar-refractivity contribution is 7.85. The second-order valence-electron chi connectivity index (χ2n) is 7.13. The Morgan fingerprint density at radius 2 is 1.81 bits per heavy atom. The number of anilines is 3. The van der Waals surface area contributed by atoms with Crippen LogP contribution in [0.1, 0.15) is 13.8 Å². The molecule has 3 aromatic rings. The van der Waals surface area contributed by atoms with Crippen molar-refractivity contribution in [2.75, 3.05) is 22.8 Å². The molecule has 10 nitrogen and oxygen atoms in total. The van der Waals surface area contributed by atoms with Gasteiger partial charge in [-0.2, -0.15) is 13.4 Å². The van der Waals surface area contributed by atoms with Crippen molar-refractivity contribution in [3.63, 3.8) is 0 Å². The molecule has 0 amide bonds. The van der Waals surface area contributed by atoms with E-state index in [4.69, 9.17) is 4.55 Å². The minimum Gasteiger partial charge on any atom is -0.394 e. The van der Waals surface area contributed by atoms with E-state index in [0.717, 1.165) is 5.56 Å². The topological polar surface area (TPSA) is 149 Å². The van der Waals surface area contributed by atoms with Crippen molar-refractivity contribution in [2.45, 2.75) is 24.8 Å². The van der Waals surface area contributed by atoms with Crippen LogP contribution in [0.5, 0.6) is 0 Å². The standard InChI is InChI=1S/C20H24N6O4S/c1-13(2)18(12-27)23-20-22-17(14-4-3-9-21-11-14)10-19(24-20)26-25-15-5-7-16(8-6-15)31(28,29)30/h3-11,13,18,25,27H,12H2,1-2H3,(H,28,29,30)(H2,22,23,24,26)/t18-/m0/s1. The predicted octanol–water partition coefficient (Wildman–Crippen LogP) is 2.65. The van der Waals surface area contributed by atoms with Gasteiger partial charge < -0.3 is 10.4 Å². The highest BCUT2D eigenvalue weighted by Gasteiger charge is 2.15. The highest BCUT2D eigenvalue weighted by atomic mass is 32.2. The Labute approximate surface area is 180 Å². The summed E-state index contributed by atoms with van der Waals surface area (Å²) in [6.07, 6.45) is 3.35. The lowest BCUT2D eigenvalue weighted by molar-refractivity contribution is 0.248. The number of aliphatic hydroxyl groups excluding tert-OH is 1. The van der Waals surface area contributed by atoms with Crippen molar-refractivity contribution in [1.29, 1.82) is 0 Å². The summed E-state index contributed by atoms with van der Waals surface area (Å²) in [4.78, 5) is 12.9. The van der Waals surface area contributed by atoms with E-state index in [0.29, 0.717) is 23.1 Å². The first-order valence-electron chi connectivity index (χ1n) is 9.52. The number of hydrazine groups is 1. The van der Waals surface area contributed by atoms with Crippen LogP contribution in [-0.2, 0) is 10.1 Å². The molecule has 0 radical (unpaired) electrons. The third-order valence-electron chi connectivity index (χ3n) is 4.49.